The Bertz CT molecular complexity index is 460. The number of allylic oxidation sites excluding steroid dienone is 1. The lowest BCUT2D eigenvalue weighted by Gasteiger charge is -2.34. The summed E-state index contributed by atoms with van der Waals surface area (Å²) in [6.07, 6.45) is 25.3. The Morgan fingerprint density at radius 3 is 1.53 bits per heavy atom. The summed E-state index contributed by atoms with van der Waals surface area (Å²) in [5.74, 6) is -0.395. The van der Waals surface area contributed by atoms with E-state index in [9.17, 15) is 9.46 Å². The molecule has 0 aliphatic rings. The van der Waals surface area contributed by atoms with Gasteiger partial charge in [-0.3, -0.25) is 0 Å². The van der Waals surface area contributed by atoms with Crippen molar-refractivity contribution in [3.8, 4) is 0 Å². The van der Waals surface area contributed by atoms with Crippen LogP contribution in [0.15, 0.2) is 12.3 Å². The van der Waals surface area contributed by atoms with Crippen LogP contribution >= 0.6 is 7.60 Å². The molecule has 0 heterocycles. The molecule has 0 aromatic heterocycles. The Labute approximate surface area is 188 Å². The number of hydrogen-bond acceptors (Lipinski definition) is 2. The summed E-state index contributed by atoms with van der Waals surface area (Å²) in [5.41, 5.74) is 0. The Kier molecular flexibility index (Phi) is 18.1. The molecule has 2 atom stereocenters. The highest BCUT2D eigenvalue weighted by Gasteiger charge is 2.41. The SMILES string of the molecule is CCCCCCCCCCCCCCCCCC=COP(=O)(O)C(CC)[N+](C)(C)C. The minimum Gasteiger partial charge on any atom is -0.429 e. The molecule has 0 bridgehead atoms. The van der Waals surface area contributed by atoms with Crippen molar-refractivity contribution in [2.45, 2.75) is 129 Å². The number of quaternary nitrogens is 1. The highest BCUT2D eigenvalue weighted by atomic mass is 31.2. The molecule has 0 aromatic rings. The first-order chi connectivity index (χ1) is 14.3. The molecule has 4 nitrogen and oxygen atoms in total. The predicted octanol–water partition coefficient (Wildman–Crippen LogP) is 8.41. The molecule has 1 N–H and O–H groups in total. The van der Waals surface area contributed by atoms with Crippen LogP contribution in [0.4, 0.5) is 0 Å². The zero-order valence-corrected chi connectivity index (χ0v) is 21.8. The largest absolute Gasteiger partial charge is 0.433 e. The van der Waals surface area contributed by atoms with Gasteiger partial charge in [0.25, 0.3) is 0 Å². The molecule has 0 amide bonds. The van der Waals surface area contributed by atoms with Crippen molar-refractivity contribution in [1.82, 2.24) is 0 Å². The lowest BCUT2D eigenvalue weighted by Crippen LogP contribution is -2.44. The van der Waals surface area contributed by atoms with Gasteiger partial charge >= 0.3 is 7.60 Å². The Balaban J connectivity index is 3.52. The van der Waals surface area contributed by atoms with Gasteiger partial charge in [0.15, 0.2) is 0 Å². The Morgan fingerprint density at radius 1 is 0.767 bits per heavy atom. The van der Waals surface area contributed by atoms with Gasteiger partial charge in [-0.15, -0.1) is 0 Å². The molecule has 0 aliphatic heterocycles. The van der Waals surface area contributed by atoms with Gasteiger partial charge in [0.2, 0.25) is 5.78 Å². The quantitative estimate of drug-likeness (QED) is 0.0833. The van der Waals surface area contributed by atoms with E-state index in [-0.39, 0.29) is 0 Å². The second-order valence-corrected chi connectivity index (χ2v) is 11.7. The molecule has 2 unspecified atom stereocenters. The lowest BCUT2D eigenvalue weighted by molar-refractivity contribution is -0.883. The summed E-state index contributed by atoms with van der Waals surface area (Å²) in [6, 6.07) is 0. The Hall–Kier alpha value is -0.310. The van der Waals surface area contributed by atoms with Gasteiger partial charge in [-0.2, -0.15) is 0 Å². The van der Waals surface area contributed by atoms with E-state index in [1.807, 2.05) is 34.1 Å². The topological polar surface area (TPSA) is 46.5 Å². The molecule has 30 heavy (non-hydrogen) atoms. The van der Waals surface area contributed by atoms with Gasteiger partial charge in [-0.05, 0) is 18.9 Å². The van der Waals surface area contributed by atoms with E-state index in [0.29, 0.717) is 10.9 Å². The van der Waals surface area contributed by atoms with Crippen molar-refractivity contribution < 1.29 is 18.5 Å². The van der Waals surface area contributed by atoms with Crippen molar-refractivity contribution in [3.63, 3.8) is 0 Å². The first-order valence-electron chi connectivity index (χ1n) is 12.7. The molecule has 0 fully saturated rings. The lowest BCUT2D eigenvalue weighted by atomic mass is 10.0. The fourth-order valence-electron chi connectivity index (χ4n) is 4.12. The zero-order chi connectivity index (χ0) is 22.7. The molecule has 0 saturated heterocycles. The van der Waals surface area contributed by atoms with Crippen molar-refractivity contribution in [2.24, 2.45) is 0 Å². The van der Waals surface area contributed by atoms with E-state index >= 15 is 0 Å². The summed E-state index contributed by atoms with van der Waals surface area (Å²) in [4.78, 5) is 10.2. The van der Waals surface area contributed by atoms with Crippen LogP contribution in [0.3, 0.4) is 0 Å². The minimum atomic E-state index is -3.63. The fourth-order valence-corrected chi connectivity index (χ4v) is 5.86. The average Bonchev–Trinajstić information content (AvgIpc) is 2.66. The number of unbranched alkanes of at least 4 members (excludes halogenated alkanes) is 15. The smallest absolute Gasteiger partial charge is 0.429 e. The second-order valence-electron chi connectivity index (χ2n) is 9.78. The van der Waals surface area contributed by atoms with Crippen molar-refractivity contribution in [1.29, 1.82) is 0 Å². The van der Waals surface area contributed by atoms with E-state index in [1.165, 1.54) is 96.2 Å². The van der Waals surface area contributed by atoms with Gasteiger partial charge in [-0.25, -0.2) is 4.57 Å². The molecule has 5 heteroatoms. The predicted molar refractivity (Wildman–Crippen MR) is 132 cm³/mol. The molecule has 0 rings (SSSR count). The standard InChI is InChI=1S/C25H52NO3P/c1-6-8-9-10-11-12-13-14-15-16-17-18-19-20-21-22-23-24-29-30(27,28)25(7-2)26(3,4)5/h23-25H,6-22H2,1-5H3/p+1. The van der Waals surface area contributed by atoms with Gasteiger partial charge < -0.3 is 13.9 Å². The van der Waals surface area contributed by atoms with Gasteiger partial charge in [-0.1, -0.05) is 104 Å². The van der Waals surface area contributed by atoms with Crippen LogP contribution in [-0.2, 0) is 9.09 Å². The van der Waals surface area contributed by atoms with Gasteiger partial charge in [0.1, 0.15) is 0 Å². The molecule has 180 valence electrons. The van der Waals surface area contributed by atoms with Crippen molar-refractivity contribution in [3.05, 3.63) is 12.3 Å². The molecule has 0 saturated carbocycles. The van der Waals surface area contributed by atoms with E-state index in [4.69, 9.17) is 4.52 Å². The number of nitrogens with zero attached hydrogens (tertiary/aromatic N) is 1. The van der Waals surface area contributed by atoms with Gasteiger partial charge in [0, 0.05) is 6.42 Å². The van der Waals surface area contributed by atoms with Crippen LogP contribution in [0, 0.1) is 0 Å². The maximum absolute atomic E-state index is 12.4. The fraction of sp³-hybridized carbons (Fsp3) is 0.920. The number of hydrogen-bond donors (Lipinski definition) is 1. The minimum absolute atomic E-state index is 0.395. The molecular weight excluding hydrogens is 393 g/mol. The summed E-state index contributed by atoms with van der Waals surface area (Å²) < 4.78 is 18.1. The third kappa shape index (κ3) is 16.4. The van der Waals surface area contributed by atoms with E-state index in [1.54, 1.807) is 0 Å². The van der Waals surface area contributed by atoms with Crippen LogP contribution in [0.25, 0.3) is 0 Å². The van der Waals surface area contributed by atoms with Crippen LogP contribution < -0.4 is 0 Å². The summed E-state index contributed by atoms with van der Waals surface area (Å²) in [6.45, 7) is 4.21. The first kappa shape index (κ1) is 29.7. The Morgan fingerprint density at radius 2 is 1.17 bits per heavy atom. The van der Waals surface area contributed by atoms with Crippen molar-refractivity contribution in [2.75, 3.05) is 21.1 Å². The summed E-state index contributed by atoms with van der Waals surface area (Å²) in [5, 5.41) is 0. The maximum atomic E-state index is 12.4. The molecular formula is C25H53NO3P+. The molecule has 0 aromatic carbocycles. The summed E-state index contributed by atoms with van der Waals surface area (Å²) >= 11 is 0. The molecule has 0 aliphatic carbocycles. The zero-order valence-electron chi connectivity index (χ0n) is 20.9. The third-order valence-corrected chi connectivity index (χ3v) is 8.15. The van der Waals surface area contributed by atoms with E-state index < -0.39 is 13.4 Å². The van der Waals surface area contributed by atoms with Crippen LogP contribution in [0.2, 0.25) is 0 Å². The molecule has 0 spiro atoms. The normalized spacial score (nSPS) is 15.4. The van der Waals surface area contributed by atoms with Crippen molar-refractivity contribution >= 4 is 7.60 Å². The van der Waals surface area contributed by atoms with Crippen LogP contribution in [-0.4, -0.2) is 36.3 Å². The van der Waals surface area contributed by atoms with E-state index in [0.717, 1.165) is 12.8 Å². The highest BCUT2D eigenvalue weighted by Crippen LogP contribution is 2.51. The average molecular weight is 447 g/mol. The summed E-state index contributed by atoms with van der Waals surface area (Å²) in [7, 11) is 2.16. The maximum Gasteiger partial charge on any atom is 0.433 e. The second kappa shape index (κ2) is 18.3. The van der Waals surface area contributed by atoms with E-state index in [2.05, 4.69) is 6.92 Å². The number of rotatable bonds is 21. The van der Waals surface area contributed by atoms with Gasteiger partial charge in [0.05, 0.1) is 27.4 Å². The molecule has 0 radical (unpaired) electrons. The highest BCUT2D eigenvalue weighted by molar-refractivity contribution is 7.53. The van der Waals surface area contributed by atoms with Crippen LogP contribution in [0.1, 0.15) is 123 Å². The van der Waals surface area contributed by atoms with Crippen LogP contribution in [0.5, 0.6) is 0 Å². The monoisotopic (exact) mass is 446 g/mol. The first-order valence-corrected chi connectivity index (χ1v) is 14.4. The third-order valence-electron chi connectivity index (χ3n) is 5.92.